The summed E-state index contributed by atoms with van der Waals surface area (Å²) in [6, 6.07) is 4.25. The van der Waals surface area contributed by atoms with Crippen LogP contribution in [0.25, 0.3) is 0 Å². The smallest absolute Gasteiger partial charge is 0.0701 e. The van der Waals surface area contributed by atoms with Crippen LogP contribution in [0.4, 0.5) is 0 Å². The second-order valence-corrected chi connectivity index (χ2v) is 5.17. The molecule has 68 valence electrons. The molecule has 1 rings (SSSR count). The third kappa shape index (κ3) is 2.86. The van der Waals surface area contributed by atoms with Crippen LogP contribution in [0.2, 0.25) is 0 Å². The van der Waals surface area contributed by atoms with Crippen molar-refractivity contribution in [2.75, 3.05) is 6.54 Å². The number of nitrogens with two attached hydrogens (primary N) is 2. The van der Waals surface area contributed by atoms with Gasteiger partial charge < -0.3 is 11.5 Å². The van der Waals surface area contributed by atoms with Gasteiger partial charge in [-0.25, -0.2) is 0 Å². The fourth-order valence-corrected chi connectivity index (χ4v) is 2.47. The lowest BCUT2D eigenvalue weighted by Gasteiger charge is -2.07. The van der Waals surface area contributed by atoms with Gasteiger partial charge in [-0.1, -0.05) is 0 Å². The summed E-state index contributed by atoms with van der Waals surface area (Å²) < 4.78 is 1.14. The molecule has 1 aromatic heterocycles. The minimum absolute atomic E-state index is 0.157. The van der Waals surface area contributed by atoms with Crippen LogP contribution in [0, 0.1) is 0 Å². The quantitative estimate of drug-likeness (QED) is 0.859. The molecule has 0 aliphatic heterocycles. The highest BCUT2D eigenvalue weighted by Gasteiger charge is 2.07. The predicted octanol–water partition coefficient (Wildman–Crippen LogP) is 2.25. The van der Waals surface area contributed by atoms with Crippen molar-refractivity contribution in [2.45, 2.75) is 18.9 Å². The van der Waals surface area contributed by atoms with Gasteiger partial charge in [-0.3, -0.25) is 0 Å². The van der Waals surface area contributed by atoms with E-state index in [1.54, 1.807) is 11.3 Å². The minimum atomic E-state index is 0.157. The number of thiophene rings is 1. The zero-order chi connectivity index (χ0) is 8.97. The van der Waals surface area contributed by atoms with Crippen molar-refractivity contribution in [2.24, 2.45) is 11.5 Å². The maximum absolute atomic E-state index is 5.93. The van der Waals surface area contributed by atoms with Crippen LogP contribution in [0.1, 0.15) is 23.8 Å². The molecule has 0 aliphatic rings. The van der Waals surface area contributed by atoms with Gasteiger partial charge in [0.1, 0.15) is 0 Å². The fraction of sp³-hybridized carbons (Fsp3) is 0.500. The first-order chi connectivity index (χ1) is 5.74. The van der Waals surface area contributed by atoms with Crippen LogP contribution in [0.3, 0.4) is 0 Å². The Morgan fingerprint density at radius 2 is 2.25 bits per heavy atom. The van der Waals surface area contributed by atoms with E-state index in [4.69, 9.17) is 11.5 Å². The second kappa shape index (κ2) is 4.97. The summed E-state index contributed by atoms with van der Waals surface area (Å²) in [4.78, 5) is 1.23. The Balaban J connectivity index is 2.47. The van der Waals surface area contributed by atoms with Gasteiger partial charge in [0, 0.05) is 10.9 Å². The molecule has 4 N–H and O–H groups in total. The van der Waals surface area contributed by atoms with Gasteiger partial charge in [-0.05, 0) is 47.4 Å². The molecule has 0 radical (unpaired) electrons. The number of hydrogen-bond acceptors (Lipinski definition) is 3. The topological polar surface area (TPSA) is 52.0 Å². The molecule has 1 atom stereocenters. The van der Waals surface area contributed by atoms with E-state index in [1.165, 1.54) is 4.88 Å². The largest absolute Gasteiger partial charge is 0.330 e. The fourth-order valence-electron chi connectivity index (χ4n) is 1.01. The first kappa shape index (κ1) is 10.2. The van der Waals surface area contributed by atoms with Crippen molar-refractivity contribution in [3.63, 3.8) is 0 Å². The molecule has 0 unspecified atom stereocenters. The lowest BCUT2D eigenvalue weighted by atomic mass is 10.1. The molecular weight excluding hydrogens is 236 g/mol. The van der Waals surface area contributed by atoms with Crippen LogP contribution in [-0.4, -0.2) is 6.54 Å². The molecule has 0 saturated carbocycles. The summed E-state index contributed by atoms with van der Waals surface area (Å²) in [5.74, 6) is 0. The molecule has 0 fully saturated rings. The first-order valence-corrected chi connectivity index (χ1v) is 5.56. The van der Waals surface area contributed by atoms with Gasteiger partial charge in [0.25, 0.3) is 0 Å². The van der Waals surface area contributed by atoms with Crippen molar-refractivity contribution in [3.8, 4) is 0 Å². The van der Waals surface area contributed by atoms with Crippen LogP contribution in [0.15, 0.2) is 15.9 Å². The predicted molar refractivity (Wildman–Crippen MR) is 57.2 cm³/mol. The maximum atomic E-state index is 5.93. The van der Waals surface area contributed by atoms with Gasteiger partial charge in [-0.2, -0.15) is 0 Å². The van der Waals surface area contributed by atoms with E-state index >= 15 is 0 Å². The molecule has 0 bridgehead atoms. The van der Waals surface area contributed by atoms with E-state index in [0.717, 1.165) is 23.2 Å². The first-order valence-electron chi connectivity index (χ1n) is 3.95. The van der Waals surface area contributed by atoms with E-state index in [2.05, 4.69) is 22.0 Å². The molecule has 0 amide bonds. The normalized spacial score (nSPS) is 13.2. The molecular formula is C8H13BrN2S. The highest BCUT2D eigenvalue weighted by atomic mass is 79.9. The highest BCUT2D eigenvalue weighted by molar-refractivity contribution is 9.11. The lowest BCUT2D eigenvalue weighted by molar-refractivity contribution is 0.626. The van der Waals surface area contributed by atoms with Crippen molar-refractivity contribution < 1.29 is 0 Å². The summed E-state index contributed by atoms with van der Waals surface area (Å²) in [6.07, 6.45) is 1.97. The van der Waals surface area contributed by atoms with E-state index in [0.29, 0.717) is 0 Å². The number of hydrogen-bond donors (Lipinski definition) is 2. The van der Waals surface area contributed by atoms with Crippen molar-refractivity contribution in [1.82, 2.24) is 0 Å². The second-order valence-electron chi connectivity index (χ2n) is 2.68. The summed E-state index contributed by atoms with van der Waals surface area (Å²) in [7, 11) is 0. The molecule has 2 nitrogen and oxygen atoms in total. The van der Waals surface area contributed by atoms with E-state index in [-0.39, 0.29) is 6.04 Å². The zero-order valence-corrected chi connectivity index (χ0v) is 9.20. The standard InChI is InChI=1S/C8H13BrN2S/c9-8-4-3-7(12-8)6(11)2-1-5-10/h3-4,6H,1-2,5,10-11H2/t6-/m0/s1. The molecule has 0 saturated heterocycles. The summed E-state index contributed by atoms with van der Waals surface area (Å²) in [5.41, 5.74) is 11.3. The minimum Gasteiger partial charge on any atom is -0.330 e. The molecule has 1 aromatic rings. The average Bonchev–Trinajstić information content (AvgIpc) is 2.47. The molecule has 0 spiro atoms. The third-order valence-corrected chi connectivity index (χ3v) is 3.43. The Bertz CT molecular complexity index is 237. The van der Waals surface area contributed by atoms with Crippen molar-refractivity contribution >= 4 is 27.3 Å². The summed E-state index contributed by atoms with van der Waals surface area (Å²) in [5, 5.41) is 0. The molecule has 0 aromatic carbocycles. The van der Waals surface area contributed by atoms with Crippen LogP contribution >= 0.6 is 27.3 Å². The SMILES string of the molecule is NCCC[C@H](N)c1ccc(Br)s1. The molecule has 1 heterocycles. The summed E-state index contributed by atoms with van der Waals surface area (Å²) in [6.45, 7) is 0.722. The van der Waals surface area contributed by atoms with E-state index in [9.17, 15) is 0 Å². The Kier molecular flexibility index (Phi) is 4.21. The van der Waals surface area contributed by atoms with Crippen LogP contribution < -0.4 is 11.5 Å². The average molecular weight is 249 g/mol. The summed E-state index contributed by atoms with van der Waals surface area (Å²) >= 11 is 5.10. The van der Waals surface area contributed by atoms with E-state index in [1.807, 2.05) is 6.07 Å². The van der Waals surface area contributed by atoms with Crippen LogP contribution in [0.5, 0.6) is 0 Å². The Hall–Kier alpha value is 0.1000. The van der Waals surface area contributed by atoms with Crippen molar-refractivity contribution in [3.05, 3.63) is 20.8 Å². The number of rotatable bonds is 4. The van der Waals surface area contributed by atoms with Gasteiger partial charge in [-0.15, -0.1) is 11.3 Å². The molecule has 0 aliphatic carbocycles. The van der Waals surface area contributed by atoms with Gasteiger partial charge in [0.15, 0.2) is 0 Å². The highest BCUT2D eigenvalue weighted by Crippen LogP contribution is 2.27. The Morgan fingerprint density at radius 3 is 2.75 bits per heavy atom. The molecule has 4 heteroatoms. The lowest BCUT2D eigenvalue weighted by Crippen LogP contribution is -2.10. The molecule has 12 heavy (non-hydrogen) atoms. The third-order valence-electron chi connectivity index (χ3n) is 1.68. The van der Waals surface area contributed by atoms with Crippen molar-refractivity contribution in [1.29, 1.82) is 0 Å². The van der Waals surface area contributed by atoms with Gasteiger partial charge in [0.2, 0.25) is 0 Å². The van der Waals surface area contributed by atoms with E-state index < -0.39 is 0 Å². The Labute approximate surface area is 85.1 Å². The van der Waals surface area contributed by atoms with Gasteiger partial charge in [0.05, 0.1) is 3.79 Å². The Morgan fingerprint density at radius 1 is 1.50 bits per heavy atom. The monoisotopic (exact) mass is 248 g/mol. The number of halogens is 1. The van der Waals surface area contributed by atoms with Gasteiger partial charge >= 0.3 is 0 Å². The zero-order valence-electron chi connectivity index (χ0n) is 6.79. The van der Waals surface area contributed by atoms with Crippen LogP contribution in [-0.2, 0) is 0 Å². The maximum Gasteiger partial charge on any atom is 0.0701 e.